The van der Waals surface area contributed by atoms with Crippen molar-refractivity contribution < 1.29 is 14.6 Å². The molecule has 0 aromatic heterocycles. The van der Waals surface area contributed by atoms with Crippen LogP contribution in [-0.2, 0) is 9.53 Å². The van der Waals surface area contributed by atoms with Crippen LogP contribution in [0.2, 0.25) is 0 Å². The molecule has 1 N–H and O–H groups in total. The monoisotopic (exact) mass is 250 g/mol. The third-order valence-electron chi connectivity index (χ3n) is 4.15. The lowest BCUT2D eigenvalue weighted by molar-refractivity contribution is -0.146. The van der Waals surface area contributed by atoms with Gasteiger partial charge in [0.05, 0.1) is 5.92 Å². The van der Waals surface area contributed by atoms with Crippen molar-refractivity contribution in [2.75, 3.05) is 0 Å². The molecular weight excluding hydrogens is 228 g/mol. The van der Waals surface area contributed by atoms with Crippen molar-refractivity contribution in [1.82, 2.24) is 0 Å². The third kappa shape index (κ3) is 2.66. The van der Waals surface area contributed by atoms with Gasteiger partial charge in [0.25, 0.3) is 0 Å². The summed E-state index contributed by atoms with van der Waals surface area (Å²) in [5, 5.41) is 10.3. The van der Waals surface area contributed by atoms with Gasteiger partial charge in [0.2, 0.25) is 0 Å². The summed E-state index contributed by atoms with van der Waals surface area (Å²) < 4.78 is 5.20. The molecule has 0 radical (unpaired) electrons. The lowest BCUT2D eigenvalue weighted by atomic mass is 9.81. The normalized spacial score (nSPS) is 33.8. The predicted octanol–water partition coefficient (Wildman–Crippen LogP) is 2.60. The molecule has 1 aliphatic carbocycles. The fourth-order valence-electron chi connectivity index (χ4n) is 2.73. The Morgan fingerprint density at radius 1 is 1.61 bits per heavy atom. The summed E-state index contributed by atoms with van der Waals surface area (Å²) in [5.41, 5.74) is 2.24. The van der Waals surface area contributed by atoms with E-state index in [9.17, 15) is 9.90 Å². The van der Waals surface area contributed by atoms with Gasteiger partial charge in [0.15, 0.2) is 0 Å². The summed E-state index contributed by atoms with van der Waals surface area (Å²) in [7, 11) is 0. The van der Waals surface area contributed by atoms with E-state index >= 15 is 0 Å². The summed E-state index contributed by atoms with van der Waals surface area (Å²) in [6, 6.07) is 0. The molecule has 2 rings (SSSR count). The van der Waals surface area contributed by atoms with E-state index in [2.05, 4.69) is 19.6 Å². The van der Waals surface area contributed by atoms with Gasteiger partial charge in [0.1, 0.15) is 12.2 Å². The Morgan fingerprint density at radius 3 is 2.83 bits per heavy atom. The second-order valence-electron chi connectivity index (χ2n) is 5.65. The standard InChI is InChI=1S/C15H22O3/c1-9-4-6-12(7-5-9)11(3)14(16)13-8-10(2)15(17)18-13/h4,10,12-14,16H,3,5-8H2,1-2H3/t10-,12+,13-,14-/m1/s1. The summed E-state index contributed by atoms with van der Waals surface area (Å²) in [6.45, 7) is 8.00. The maximum absolute atomic E-state index is 11.4. The predicted molar refractivity (Wildman–Crippen MR) is 69.9 cm³/mol. The molecule has 0 spiro atoms. The molecular formula is C15H22O3. The van der Waals surface area contributed by atoms with Crippen molar-refractivity contribution in [2.24, 2.45) is 11.8 Å². The number of esters is 1. The zero-order valence-electron chi connectivity index (χ0n) is 11.2. The van der Waals surface area contributed by atoms with Crippen molar-refractivity contribution in [3.05, 3.63) is 23.8 Å². The minimum absolute atomic E-state index is 0.106. The number of rotatable bonds is 3. The Labute approximate surface area is 109 Å². The lowest BCUT2D eigenvalue weighted by Gasteiger charge is -2.28. The fourth-order valence-corrected chi connectivity index (χ4v) is 2.73. The van der Waals surface area contributed by atoms with Gasteiger partial charge in [-0.25, -0.2) is 0 Å². The van der Waals surface area contributed by atoms with Crippen molar-refractivity contribution in [1.29, 1.82) is 0 Å². The maximum Gasteiger partial charge on any atom is 0.309 e. The molecule has 0 unspecified atom stereocenters. The number of aliphatic hydroxyl groups excluding tert-OH is 1. The number of aliphatic hydroxyl groups is 1. The number of carbonyl (C=O) groups is 1. The van der Waals surface area contributed by atoms with E-state index < -0.39 is 12.2 Å². The summed E-state index contributed by atoms with van der Waals surface area (Å²) in [6.07, 6.45) is 4.75. The van der Waals surface area contributed by atoms with Crippen molar-refractivity contribution in [3.8, 4) is 0 Å². The van der Waals surface area contributed by atoms with Crippen molar-refractivity contribution in [3.63, 3.8) is 0 Å². The summed E-state index contributed by atoms with van der Waals surface area (Å²) in [4.78, 5) is 11.4. The molecule has 3 nitrogen and oxygen atoms in total. The zero-order valence-corrected chi connectivity index (χ0v) is 11.2. The minimum Gasteiger partial charge on any atom is -0.459 e. The van der Waals surface area contributed by atoms with Gasteiger partial charge in [-0.15, -0.1) is 0 Å². The highest BCUT2D eigenvalue weighted by atomic mass is 16.6. The molecule has 1 fully saturated rings. The Morgan fingerprint density at radius 2 is 2.33 bits per heavy atom. The largest absolute Gasteiger partial charge is 0.459 e. The molecule has 1 aliphatic heterocycles. The average molecular weight is 250 g/mol. The Kier molecular flexibility index (Phi) is 3.91. The first-order valence-corrected chi connectivity index (χ1v) is 6.72. The van der Waals surface area contributed by atoms with Gasteiger partial charge in [0, 0.05) is 6.42 Å². The molecule has 18 heavy (non-hydrogen) atoms. The number of hydrogen-bond acceptors (Lipinski definition) is 3. The van der Waals surface area contributed by atoms with Crippen LogP contribution in [0.4, 0.5) is 0 Å². The number of hydrogen-bond donors (Lipinski definition) is 1. The molecule has 3 heteroatoms. The van der Waals surface area contributed by atoms with E-state index in [4.69, 9.17) is 4.74 Å². The SMILES string of the molecule is C=C([C@H]1CC=C(C)CC1)[C@@H](O)[C@H]1C[C@@H](C)C(=O)O1. The first-order chi connectivity index (χ1) is 8.49. The molecule has 4 atom stereocenters. The molecule has 1 heterocycles. The first-order valence-electron chi connectivity index (χ1n) is 6.72. The summed E-state index contributed by atoms with van der Waals surface area (Å²) in [5.74, 6) is 0.00971. The Hall–Kier alpha value is -1.09. The maximum atomic E-state index is 11.4. The fraction of sp³-hybridized carbons (Fsp3) is 0.667. The quantitative estimate of drug-likeness (QED) is 0.618. The lowest BCUT2D eigenvalue weighted by Crippen LogP contribution is -2.31. The van der Waals surface area contributed by atoms with E-state index in [0.29, 0.717) is 12.3 Å². The van der Waals surface area contributed by atoms with Gasteiger partial charge in [-0.05, 0) is 37.7 Å². The second-order valence-corrected chi connectivity index (χ2v) is 5.65. The molecule has 0 saturated carbocycles. The number of ether oxygens (including phenoxy) is 1. The van der Waals surface area contributed by atoms with E-state index in [0.717, 1.165) is 24.8 Å². The molecule has 0 aromatic carbocycles. The van der Waals surface area contributed by atoms with E-state index in [-0.39, 0.29) is 11.9 Å². The van der Waals surface area contributed by atoms with E-state index in [1.165, 1.54) is 5.57 Å². The highest BCUT2D eigenvalue weighted by Gasteiger charge is 2.38. The topological polar surface area (TPSA) is 46.5 Å². The van der Waals surface area contributed by atoms with Crippen LogP contribution in [0.3, 0.4) is 0 Å². The van der Waals surface area contributed by atoms with E-state index in [1.807, 2.05) is 6.92 Å². The van der Waals surface area contributed by atoms with Gasteiger partial charge < -0.3 is 9.84 Å². The zero-order chi connectivity index (χ0) is 13.3. The smallest absolute Gasteiger partial charge is 0.309 e. The van der Waals surface area contributed by atoms with Crippen LogP contribution in [0.1, 0.15) is 39.5 Å². The van der Waals surface area contributed by atoms with Crippen molar-refractivity contribution in [2.45, 2.75) is 51.7 Å². The molecule has 0 bridgehead atoms. The van der Waals surface area contributed by atoms with Crippen LogP contribution in [-0.4, -0.2) is 23.3 Å². The molecule has 2 aliphatic rings. The third-order valence-corrected chi connectivity index (χ3v) is 4.15. The van der Waals surface area contributed by atoms with Crippen LogP contribution in [0, 0.1) is 11.8 Å². The number of carbonyl (C=O) groups excluding carboxylic acids is 1. The van der Waals surface area contributed by atoms with Crippen LogP contribution >= 0.6 is 0 Å². The Bertz CT molecular complexity index is 383. The van der Waals surface area contributed by atoms with Crippen LogP contribution in [0.25, 0.3) is 0 Å². The highest BCUT2D eigenvalue weighted by molar-refractivity contribution is 5.74. The molecule has 0 aromatic rings. The van der Waals surface area contributed by atoms with Gasteiger partial charge in [-0.1, -0.05) is 25.2 Å². The van der Waals surface area contributed by atoms with Gasteiger partial charge >= 0.3 is 5.97 Å². The number of cyclic esters (lactones) is 1. The van der Waals surface area contributed by atoms with Crippen molar-refractivity contribution >= 4 is 5.97 Å². The van der Waals surface area contributed by atoms with Crippen LogP contribution < -0.4 is 0 Å². The minimum atomic E-state index is -0.712. The average Bonchev–Trinajstić information content (AvgIpc) is 2.69. The highest BCUT2D eigenvalue weighted by Crippen LogP contribution is 2.33. The number of allylic oxidation sites excluding steroid dienone is 2. The van der Waals surface area contributed by atoms with Crippen LogP contribution in [0.5, 0.6) is 0 Å². The van der Waals surface area contributed by atoms with Gasteiger partial charge in [-0.3, -0.25) is 4.79 Å². The van der Waals surface area contributed by atoms with Crippen LogP contribution in [0.15, 0.2) is 23.8 Å². The second kappa shape index (κ2) is 5.27. The van der Waals surface area contributed by atoms with Gasteiger partial charge in [-0.2, -0.15) is 0 Å². The molecule has 0 amide bonds. The first kappa shape index (κ1) is 13.3. The molecule has 100 valence electrons. The Balaban J connectivity index is 1.95. The summed E-state index contributed by atoms with van der Waals surface area (Å²) >= 11 is 0. The van der Waals surface area contributed by atoms with E-state index in [1.54, 1.807) is 0 Å². The molecule has 1 saturated heterocycles.